The van der Waals surface area contributed by atoms with Gasteiger partial charge in [0.2, 0.25) is 0 Å². The first-order valence-corrected chi connectivity index (χ1v) is 6.93. The van der Waals surface area contributed by atoms with E-state index in [0.29, 0.717) is 4.47 Å². The summed E-state index contributed by atoms with van der Waals surface area (Å²) in [6, 6.07) is 3.55. The molecule has 4 nitrogen and oxygen atoms in total. The lowest BCUT2D eigenvalue weighted by Gasteiger charge is -2.09. The normalized spacial score (nSPS) is 12.7. The van der Waals surface area contributed by atoms with Gasteiger partial charge in [0.1, 0.15) is 0 Å². The molecule has 0 aliphatic carbocycles. The molecule has 0 fully saturated rings. The summed E-state index contributed by atoms with van der Waals surface area (Å²) in [4.78, 5) is 4.97. The molecular weight excluding hydrogens is 363 g/mol. The lowest BCUT2D eigenvalue weighted by molar-refractivity contribution is -0.181. The molecule has 1 N–H and O–H groups in total. The van der Waals surface area contributed by atoms with Crippen molar-refractivity contribution in [3.8, 4) is 0 Å². The third-order valence-electron chi connectivity index (χ3n) is 1.61. The second-order valence-electron chi connectivity index (χ2n) is 3.07. The molecule has 0 heterocycles. The lowest BCUT2D eigenvalue weighted by Crippen LogP contribution is -2.29. The van der Waals surface area contributed by atoms with E-state index in [1.807, 2.05) is 0 Å². The molecule has 0 aliphatic rings. The molecule has 102 valence electrons. The van der Waals surface area contributed by atoms with Crippen molar-refractivity contribution < 1.29 is 26.4 Å². The molecule has 0 atom stereocenters. The van der Waals surface area contributed by atoms with E-state index >= 15 is 0 Å². The van der Waals surface area contributed by atoms with Crippen LogP contribution in [0.3, 0.4) is 0 Å². The smallest absolute Gasteiger partial charge is 0.277 e. The molecule has 0 saturated heterocycles. The summed E-state index contributed by atoms with van der Waals surface area (Å²) in [7, 11) is -4.18. The molecule has 0 spiro atoms. The van der Waals surface area contributed by atoms with Crippen LogP contribution in [0.2, 0.25) is 5.02 Å². The summed E-state index contributed by atoms with van der Waals surface area (Å²) in [5, 5.41) is 0.269. The maximum absolute atomic E-state index is 11.8. The Labute approximate surface area is 114 Å². The van der Waals surface area contributed by atoms with Gasteiger partial charge in [-0.2, -0.15) is 13.2 Å². The van der Waals surface area contributed by atoms with Crippen LogP contribution < -0.4 is 4.89 Å². The average molecular weight is 369 g/mol. The Morgan fingerprint density at radius 1 is 1.39 bits per heavy atom. The first kappa shape index (κ1) is 15.7. The SMILES string of the molecule is O=S(=O)(NOCC(F)(F)F)c1ccc(Cl)c(Br)c1. The number of rotatable bonds is 4. The zero-order chi connectivity index (χ0) is 14.0. The van der Waals surface area contributed by atoms with Crippen LogP contribution in [-0.2, 0) is 14.9 Å². The third-order valence-corrected chi connectivity index (χ3v) is 4.03. The molecule has 0 radical (unpaired) electrons. The van der Waals surface area contributed by atoms with Crippen molar-refractivity contribution in [2.24, 2.45) is 0 Å². The van der Waals surface area contributed by atoms with E-state index in [-0.39, 0.29) is 9.92 Å². The summed E-state index contributed by atoms with van der Waals surface area (Å²) in [5.41, 5.74) is 0. The standard InChI is InChI=1S/C8H6BrClF3NO3S/c9-6-3-5(1-2-7(6)10)18(15,16)14-17-4-8(11,12)13/h1-3,14H,4H2. The first-order chi connectivity index (χ1) is 8.12. The van der Waals surface area contributed by atoms with E-state index in [9.17, 15) is 21.6 Å². The minimum Gasteiger partial charge on any atom is -0.277 e. The van der Waals surface area contributed by atoms with Crippen LogP contribution in [0.5, 0.6) is 0 Å². The number of alkyl halides is 3. The molecule has 18 heavy (non-hydrogen) atoms. The van der Waals surface area contributed by atoms with Crippen LogP contribution in [-0.4, -0.2) is 21.2 Å². The number of hydrogen-bond acceptors (Lipinski definition) is 3. The fraction of sp³-hybridized carbons (Fsp3) is 0.250. The van der Waals surface area contributed by atoms with Crippen LogP contribution in [0.25, 0.3) is 0 Å². The summed E-state index contributed by atoms with van der Waals surface area (Å²) >= 11 is 8.65. The van der Waals surface area contributed by atoms with Crippen molar-refractivity contribution in [2.45, 2.75) is 11.1 Å². The molecule has 1 rings (SSSR count). The van der Waals surface area contributed by atoms with E-state index in [1.165, 1.54) is 11.0 Å². The molecule has 0 aliphatic heterocycles. The van der Waals surface area contributed by atoms with Crippen molar-refractivity contribution in [3.05, 3.63) is 27.7 Å². The molecule has 0 amide bonds. The summed E-state index contributed by atoms with van der Waals surface area (Å²) < 4.78 is 58.6. The van der Waals surface area contributed by atoms with E-state index in [4.69, 9.17) is 11.6 Å². The van der Waals surface area contributed by atoms with Gasteiger partial charge in [0.05, 0.1) is 9.92 Å². The largest absolute Gasteiger partial charge is 0.413 e. The molecule has 0 aromatic heterocycles. The minimum absolute atomic E-state index is 0.269. The van der Waals surface area contributed by atoms with Crippen molar-refractivity contribution in [1.29, 1.82) is 0 Å². The predicted molar refractivity (Wildman–Crippen MR) is 61.5 cm³/mol. The minimum atomic E-state index is -4.62. The molecular formula is C8H6BrClF3NO3S. The Morgan fingerprint density at radius 2 is 2.00 bits per heavy atom. The fourth-order valence-electron chi connectivity index (χ4n) is 0.881. The van der Waals surface area contributed by atoms with Crippen LogP contribution in [0.1, 0.15) is 0 Å². The number of benzene rings is 1. The van der Waals surface area contributed by atoms with Gasteiger partial charge in [-0.1, -0.05) is 16.5 Å². The maximum Gasteiger partial charge on any atom is 0.413 e. The Bertz CT molecular complexity index is 535. The van der Waals surface area contributed by atoms with E-state index in [1.54, 1.807) is 0 Å². The van der Waals surface area contributed by atoms with Gasteiger partial charge in [-0.3, -0.25) is 4.84 Å². The highest BCUT2D eigenvalue weighted by Crippen LogP contribution is 2.25. The number of halogens is 5. The van der Waals surface area contributed by atoms with E-state index in [2.05, 4.69) is 20.8 Å². The Morgan fingerprint density at radius 3 is 2.50 bits per heavy atom. The van der Waals surface area contributed by atoms with Gasteiger partial charge >= 0.3 is 6.18 Å². The Balaban J connectivity index is 2.77. The molecule has 1 aromatic rings. The molecule has 0 bridgehead atoms. The van der Waals surface area contributed by atoms with Crippen molar-refractivity contribution in [3.63, 3.8) is 0 Å². The number of hydrogen-bond donors (Lipinski definition) is 1. The van der Waals surface area contributed by atoms with Gasteiger partial charge in [-0.25, -0.2) is 8.42 Å². The fourth-order valence-corrected chi connectivity index (χ4v) is 2.36. The Kier molecular flexibility index (Phi) is 5.01. The highest BCUT2D eigenvalue weighted by atomic mass is 79.9. The summed E-state index contributed by atoms with van der Waals surface area (Å²) in [6.07, 6.45) is -4.62. The molecule has 0 saturated carbocycles. The molecule has 1 aromatic carbocycles. The average Bonchev–Trinajstić information content (AvgIpc) is 2.19. The zero-order valence-corrected chi connectivity index (χ0v) is 11.6. The zero-order valence-electron chi connectivity index (χ0n) is 8.46. The van der Waals surface area contributed by atoms with Gasteiger partial charge in [0.25, 0.3) is 10.0 Å². The Hall–Kier alpha value is -0.350. The molecule has 10 heteroatoms. The predicted octanol–water partition coefficient (Wildman–Crippen LogP) is 2.87. The van der Waals surface area contributed by atoms with Crippen molar-refractivity contribution in [2.75, 3.05) is 6.61 Å². The quantitative estimate of drug-likeness (QED) is 0.832. The van der Waals surface area contributed by atoms with Gasteiger partial charge in [-0.15, -0.1) is 0 Å². The van der Waals surface area contributed by atoms with Gasteiger partial charge < -0.3 is 0 Å². The second-order valence-corrected chi connectivity index (χ2v) is 5.97. The van der Waals surface area contributed by atoms with Gasteiger partial charge in [-0.05, 0) is 34.1 Å². The number of sulfonamides is 1. The van der Waals surface area contributed by atoms with Crippen LogP contribution in [0.15, 0.2) is 27.6 Å². The van der Waals surface area contributed by atoms with Crippen LogP contribution in [0.4, 0.5) is 13.2 Å². The van der Waals surface area contributed by atoms with Crippen LogP contribution in [0, 0.1) is 0 Å². The highest BCUT2D eigenvalue weighted by molar-refractivity contribution is 9.10. The monoisotopic (exact) mass is 367 g/mol. The highest BCUT2D eigenvalue weighted by Gasteiger charge is 2.29. The topological polar surface area (TPSA) is 55.4 Å². The second kappa shape index (κ2) is 5.74. The van der Waals surface area contributed by atoms with Crippen LogP contribution >= 0.6 is 27.5 Å². The third kappa shape index (κ3) is 4.73. The van der Waals surface area contributed by atoms with Gasteiger partial charge in [0.15, 0.2) is 6.61 Å². The van der Waals surface area contributed by atoms with Gasteiger partial charge in [0, 0.05) is 4.47 Å². The lowest BCUT2D eigenvalue weighted by atomic mass is 10.4. The van der Waals surface area contributed by atoms with E-state index in [0.717, 1.165) is 12.1 Å². The number of nitrogens with one attached hydrogen (secondary N) is 1. The first-order valence-electron chi connectivity index (χ1n) is 4.27. The van der Waals surface area contributed by atoms with Crippen molar-refractivity contribution >= 4 is 37.6 Å². The maximum atomic E-state index is 11.8. The summed E-state index contributed by atoms with van der Waals surface area (Å²) in [6.45, 7) is -1.72. The molecule has 0 unspecified atom stereocenters. The van der Waals surface area contributed by atoms with E-state index < -0.39 is 22.8 Å². The van der Waals surface area contributed by atoms with Crippen molar-refractivity contribution in [1.82, 2.24) is 4.89 Å². The summed E-state index contributed by atoms with van der Waals surface area (Å²) in [5.74, 6) is 0.